The quantitative estimate of drug-likeness (QED) is 0.800. The lowest BCUT2D eigenvalue weighted by Crippen LogP contribution is -2.31. The third-order valence-corrected chi connectivity index (χ3v) is 3.44. The van der Waals surface area contributed by atoms with Gasteiger partial charge in [0.25, 0.3) is 0 Å². The molecule has 0 bridgehead atoms. The molecule has 0 aromatic heterocycles. The molecule has 20 heavy (non-hydrogen) atoms. The zero-order valence-electron chi connectivity index (χ0n) is 12.8. The lowest BCUT2D eigenvalue weighted by atomic mass is 9.96. The molecule has 1 aromatic carbocycles. The Kier molecular flexibility index (Phi) is 6.05. The van der Waals surface area contributed by atoms with Gasteiger partial charge in [-0.25, -0.2) is 0 Å². The molecule has 0 N–H and O–H groups in total. The van der Waals surface area contributed by atoms with E-state index in [4.69, 9.17) is 0 Å². The largest absolute Gasteiger partial charge is 0.378 e. The first-order valence-electron chi connectivity index (χ1n) is 6.98. The number of nitriles is 1. The summed E-state index contributed by atoms with van der Waals surface area (Å²) in [5, 5.41) is 9.35. The molecular formula is C16H23N3O. The van der Waals surface area contributed by atoms with Gasteiger partial charge < -0.3 is 9.80 Å². The third kappa shape index (κ3) is 3.99. The summed E-state index contributed by atoms with van der Waals surface area (Å²) in [5.74, 6) is -0.347. The molecule has 0 aliphatic carbocycles. The van der Waals surface area contributed by atoms with E-state index in [2.05, 4.69) is 6.07 Å². The summed E-state index contributed by atoms with van der Waals surface area (Å²) in [5.41, 5.74) is 1.94. The highest BCUT2D eigenvalue weighted by Crippen LogP contribution is 2.24. The lowest BCUT2D eigenvalue weighted by Gasteiger charge is -2.21. The van der Waals surface area contributed by atoms with Crippen molar-refractivity contribution in [3.05, 3.63) is 29.8 Å². The van der Waals surface area contributed by atoms with Crippen LogP contribution in [0.2, 0.25) is 0 Å². The van der Waals surface area contributed by atoms with Gasteiger partial charge in [0.05, 0.1) is 12.0 Å². The number of rotatable bonds is 6. The fourth-order valence-electron chi connectivity index (χ4n) is 2.14. The molecule has 0 fully saturated rings. The van der Waals surface area contributed by atoms with Crippen LogP contribution >= 0.6 is 0 Å². The Bertz CT molecular complexity index is 487. The van der Waals surface area contributed by atoms with E-state index in [0.717, 1.165) is 11.3 Å². The Morgan fingerprint density at radius 2 is 1.95 bits per heavy atom. The highest BCUT2D eigenvalue weighted by atomic mass is 16.2. The van der Waals surface area contributed by atoms with E-state index in [1.54, 1.807) is 4.90 Å². The van der Waals surface area contributed by atoms with Crippen LogP contribution in [0.25, 0.3) is 0 Å². The number of carbonyl (C=O) groups excluding carboxylic acids is 1. The van der Waals surface area contributed by atoms with Gasteiger partial charge in [-0.2, -0.15) is 5.26 Å². The summed E-state index contributed by atoms with van der Waals surface area (Å²) in [4.78, 5) is 15.9. The topological polar surface area (TPSA) is 47.3 Å². The van der Waals surface area contributed by atoms with Crippen molar-refractivity contribution in [2.24, 2.45) is 0 Å². The Balaban J connectivity index is 2.89. The van der Waals surface area contributed by atoms with E-state index in [-0.39, 0.29) is 18.2 Å². The van der Waals surface area contributed by atoms with Gasteiger partial charge in [0.1, 0.15) is 0 Å². The molecule has 1 unspecified atom stereocenters. The average molecular weight is 273 g/mol. The number of hydrogen-bond donors (Lipinski definition) is 0. The maximum absolute atomic E-state index is 12.1. The van der Waals surface area contributed by atoms with Gasteiger partial charge in [-0.1, -0.05) is 12.1 Å². The van der Waals surface area contributed by atoms with Crippen LogP contribution in [0.1, 0.15) is 31.7 Å². The zero-order valence-corrected chi connectivity index (χ0v) is 12.8. The van der Waals surface area contributed by atoms with E-state index in [1.165, 1.54) is 0 Å². The van der Waals surface area contributed by atoms with E-state index < -0.39 is 0 Å². The molecule has 0 heterocycles. The van der Waals surface area contributed by atoms with Gasteiger partial charge in [-0.05, 0) is 31.5 Å². The Morgan fingerprint density at radius 1 is 1.30 bits per heavy atom. The van der Waals surface area contributed by atoms with Crippen LogP contribution in [0.3, 0.4) is 0 Å². The maximum Gasteiger partial charge on any atom is 0.224 e. The normalized spacial score (nSPS) is 11.6. The number of hydrogen-bond acceptors (Lipinski definition) is 3. The minimum absolute atomic E-state index is 0.0387. The fourth-order valence-corrected chi connectivity index (χ4v) is 2.14. The highest BCUT2D eigenvalue weighted by molar-refractivity contribution is 5.77. The van der Waals surface area contributed by atoms with Crippen molar-refractivity contribution < 1.29 is 4.79 Å². The summed E-state index contributed by atoms with van der Waals surface area (Å²) >= 11 is 0. The first-order chi connectivity index (χ1) is 9.53. The Morgan fingerprint density at radius 3 is 2.45 bits per heavy atom. The smallest absolute Gasteiger partial charge is 0.224 e. The number of benzene rings is 1. The van der Waals surface area contributed by atoms with Crippen molar-refractivity contribution in [2.45, 2.75) is 26.2 Å². The summed E-state index contributed by atoms with van der Waals surface area (Å²) in [6.07, 6.45) is 0.245. The maximum atomic E-state index is 12.1. The molecule has 1 aromatic rings. The molecule has 0 aliphatic rings. The number of carbonyl (C=O) groups is 1. The second-order valence-corrected chi connectivity index (χ2v) is 4.94. The average Bonchev–Trinajstić information content (AvgIpc) is 2.46. The van der Waals surface area contributed by atoms with Crippen LogP contribution in [0.5, 0.6) is 0 Å². The Labute approximate surface area is 121 Å². The van der Waals surface area contributed by atoms with E-state index in [9.17, 15) is 10.1 Å². The number of amides is 1. The van der Waals surface area contributed by atoms with Crippen molar-refractivity contribution in [3.8, 4) is 6.07 Å². The van der Waals surface area contributed by atoms with Crippen LogP contribution in [-0.4, -0.2) is 38.0 Å². The summed E-state index contributed by atoms with van der Waals surface area (Å²) < 4.78 is 0. The molecule has 0 aliphatic heterocycles. The van der Waals surface area contributed by atoms with Crippen LogP contribution in [0.15, 0.2) is 24.3 Å². The van der Waals surface area contributed by atoms with Crippen molar-refractivity contribution in [1.29, 1.82) is 5.26 Å². The monoisotopic (exact) mass is 273 g/mol. The second kappa shape index (κ2) is 7.54. The zero-order chi connectivity index (χ0) is 15.1. The first-order valence-corrected chi connectivity index (χ1v) is 6.98. The molecular weight excluding hydrogens is 250 g/mol. The first kappa shape index (κ1) is 16.0. The minimum atomic E-state index is -0.386. The van der Waals surface area contributed by atoms with Crippen molar-refractivity contribution in [2.75, 3.05) is 32.1 Å². The molecule has 1 rings (SSSR count). The van der Waals surface area contributed by atoms with Crippen molar-refractivity contribution in [3.63, 3.8) is 0 Å². The lowest BCUT2D eigenvalue weighted by molar-refractivity contribution is -0.130. The fraction of sp³-hybridized carbons (Fsp3) is 0.500. The predicted octanol–water partition coefficient (Wildman–Crippen LogP) is 2.62. The molecule has 0 radical (unpaired) electrons. The third-order valence-electron chi connectivity index (χ3n) is 3.44. The molecule has 1 amide bonds. The Hall–Kier alpha value is -2.02. The van der Waals surface area contributed by atoms with Crippen LogP contribution < -0.4 is 4.90 Å². The molecule has 108 valence electrons. The SMILES string of the molecule is CCN(CC)C(=O)CC(C#N)c1cccc(N(C)C)c1. The van der Waals surface area contributed by atoms with Gasteiger partial charge in [0.15, 0.2) is 0 Å². The summed E-state index contributed by atoms with van der Waals surface area (Å²) in [6.45, 7) is 5.28. The summed E-state index contributed by atoms with van der Waals surface area (Å²) in [6, 6.07) is 10.1. The van der Waals surface area contributed by atoms with Gasteiger partial charge in [-0.15, -0.1) is 0 Å². The predicted molar refractivity (Wildman–Crippen MR) is 81.7 cm³/mol. The van der Waals surface area contributed by atoms with E-state index >= 15 is 0 Å². The molecule has 0 saturated carbocycles. The second-order valence-electron chi connectivity index (χ2n) is 4.94. The van der Waals surface area contributed by atoms with Gasteiger partial charge in [-0.3, -0.25) is 4.79 Å². The standard InChI is InChI=1S/C16H23N3O/c1-5-19(6-2)16(20)11-14(12-17)13-8-7-9-15(10-13)18(3)4/h7-10,14H,5-6,11H2,1-4H3. The van der Waals surface area contributed by atoms with Crippen molar-refractivity contribution in [1.82, 2.24) is 4.90 Å². The number of anilines is 1. The van der Waals surface area contributed by atoms with Gasteiger partial charge >= 0.3 is 0 Å². The van der Waals surface area contributed by atoms with Crippen LogP contribution in [0.4, 0.5) is 5.69 Å². The molecule has 1 atom stereocenters. The van der Waals surface area contributed by atoms with Crippen LogP contribution in [0, 0.1) is 11.3 Å². The van der Waals surface area contributed by atoms with Gasteiger partial charge in [0.2, 0.25) is 5.91 Å². The molecule has 4 heteroatoms. The minimum Gasteiger partial charge on any atom is -0.378 e. The molecule has 0 saturated heterocycles. The number of nitrogens with zero attached hydrogens (tertiary/aromatic N) is 3. The van der Waals surface area contributed by atoms with E-state index in [0.29, 0.717) is 13.1 Å². The molecule has 4 nitrogen and oxygen atoms in total. The highest BCUT2D eigenvalue weighted by Gasteiger charge is 2.19. The summed E-state index contributed by atoms with van der Waals surface area (Å²) in [7, 11) is 3.92. The molecule has 0 spiro atoms. The van der Waals surface area contributed by atoms with Gasteiger partial charge in [0, 0.05) is 39.3 Å². The van der Waals surface area contributed by atoms with Crippen molar-refractivity contribution >= 4 is 11.6 Å². The van der Waals surface area contributed by atoms with E-state index in [1.807, 2.05) is 57.1 Å². The van der Waals surface area contributed by atoms with Crippen LogP contribution in [-0.2, 0) is 4.79 Å².